The molecule has 1 atom stereocenters. The van der Waals surface area contributed by atoms with Crippen LogP contribution in [0.15, 0.2) is 28.7 Å². The molecule has 88 valence electrons. The van der Waals surface area contributed by atoms with Crippen molar-refractivity contribution in [3.63, 3.8) is 0 Å². The Morgan fingerprint density at radius 1 is 1.38 bits per heavy atom. The zero-order chi connectivity index (χ0) is 11.4. The molecule has 1 aromatic rings. The predicted molar refractivity (Wildman–Crippen MR) is 66.2 cm³/mol. The summed E-state index contributed by atoms with van der Waals surface area (Å²) in [7, 11) is 0. The van der Waals surface area contributed by atoms with E-state index in [-0.39, 0.29) is 12.7 Å². The van der Waals surface area contributed by atoms with Crippen LogP contribution in [0.25, 0.3) is 0 Å². The van der Waals surface area contributed by atoms with E-state index in [0.29, 0.717) is 6.61 Å². The predicted octanol–water partition coefficient (Wildman–Crippen LogP) is 1.64. The number of benzene rings is 1. The van der Waals surface area contributed by atoms with Gasteiger partial charge in [-0.05, 0) is 17.7 Å². The van der Waals surface area contributed by atoms with E-state index in [0.717, 1.165) is 24.1 Å². The van der Waals surface area contributed by atoms with Gasteiger partial charge in [0.05, 0.1) is 19.3 Å². The van der Waals surface area contributed by atoms with E-state index in [1.54, 1.807) is 0 Å². The van der Waals surface area contributed by atoms with Gasteiger partial charge in [0, 0.05) is 24.1 Å². The maximum Gasteiger partial charge on any atom is 0.0933 e. The SMILES string of the molecule is OCC1CN(Cc2ccc(Br)cc2)CCO1. The van der Waals surface area contributed by atoms with Gasteiger partial charge in [-0.2, -0.15) is 0 Å². The van der Waals surface area contributed by atoms with Crippen molar-refractivity contribution in [1.29, 1.82) is 0 Å². The van der Waals surface area contributed by atoms with Crippen LogP contribution in [-0.4, -0.2) is 42.4 Å². The van der Waals surface area contributed by atoms with Crippen molar-refractivity contribution in [3.05, 3.63) is 34.3 Å². The molecule has 4 heteroatoms. The fraction of sp³-hybridized carbons (Fsp3) is 0.500. The summed E-state index contributed by atoms with van der Waals surface area (Å²) in [5.74, 6) is 0. The Morgan fingerprint density at radius 3 is 2.81 bits per heavy atom. The molecule has 1 aromatic carbocycles. The van der Waals surface area contributed by atoms with Crippen LogP contribution in [0.4, 0.5) is 0 Å². The first kappa shape index (κ1) is 12.0. The third-order valence-corrected chi connectivity index (χ3v) is 3.27. The molecule has 1 aliphatic rings. The zero-order valence-electron chi connectivity index (χ0n) is 9.10. The van der Waals surface area contributed by atoms with E-state index in [1.807, 2.05) is 0 Å². The van der Waals surface area contributed by atoms with E-state index in [9.17, 15) is 0 Å². The number of hydrogen-bond acceptors (Lipinski definition) is 3. The van der Waals surface area contributed by atoms with Gasteiger partial charge in [-0.1, -0.05) is 28.1 Å². The van der Waals surface area contributed by atoms with Crippen LogP contribution in [0, 0.1) is 0 Å². The quantitative estimate of drug-likeness (QED) is 0.917. The molecule has 1 fully saturated rings. The second-order valence-electron chi connectivity index (χ2n) is 4.04. The summed E-state index contributed by atoms with van der Waals surface area (Å²) in [6.45, 7) is 3.49. The molecular weight excluding hydrogens is 270 g/mol. The fourth-order valence-corrected chi connectivity index (χ4v) is 2.15. The Hall–Kier alpha value is -0.420. The van der Waals surface area contributed by atoms with Crippen LogP contribution >= 0.6 is 15.9 Å². The average molecular weight is 286 g/mol. The van der Waals surface area contributed by atoms with Crippen molar-refractivity contribution in [2.24, 2.45) is 0 Å². The molecule has 3 nitrogen and oxygen atoms in total. The van der Waals surface area contributed by atoms with Gasteiger partial charge in [-0.15, -0.1) is 0 Å². The highest BCUT2D eigenvalue weighted by atomic mass is 79.9. The lowest BCUT2D eigenvalue weighted by atomic mass is 10.2. The van der Waals surface area contributed by atoms with Gasteiger partial charge in [0.1, 0.15) is 0 Å². The van der Waals surface area contributed by atoms with Crippen molar-refractivity contribution in [2.45, 2.75) is 12.6 Å². The Balaban J connectivity index is 1.91. The highest BCUT2D eigenvalue weighted by molar-refractivity contribution is 9.10. The van der Waals surface area contributed by atoms with Crippen molar-refractivity contribution in [2.75, 3.05) is 26.3 Å². The van der Waals surface area contributed by atoms with Crippen LogP contribution in [0.3, 0.4) is 0 Å². The first-order valence-corrected chi connectivity index (χ1v) is 6.26. The lowest BCUT2D eigenvalue weighted by molar-refractivity contribution is -0.0551. The number of rotatable bonds is 3. The summed E-state index contributed by atoms with van der Waals surface area (Å²) in [5.41, 5.74) is 1.29. The number of aliphatic hydroxyl groups excluding tert-OH is 1. The monoisotopic (exact) mass is 285 g/mol. The topological polar surface area (TPSA) is 32.7 Å². The van der Waals surface area contributed by atoms with E-state index < -0.39 is 0 Å². The van der Waals surface area contributed by atoms with E-state index in [1.165, 1.54) is 5.56 Å². The van der Waals surface area contributed by atoms with Gasteiger partial charge < -0.3 is 9.84 Å². The zero-order valence-corrected chi connectivity index (χ0v) is 10.7. The highest BCUT2D eigenvalue weighted by Gasteiger charge is 2.19. The van der Waals surface area contributed by atoms with Crippen LogP contribution in [-0.2, 0) is 11.3 Å². The third kappa shape index (κ3) is 3.28. The molecule has 0 aromatic heterocycles. The van der Waals surface area contributed by atoms with Gasteiger partial charge in [-0.3, -0.25) is 4.90 Å². The molecule has 2 rings (SSSR count). The number of ether oxygens (including phenoxy) is 1. The number of hydrogen-bond donors (Lipinski definition) is 1. The number of morpholine rings is 1. The Bertz CT molecular complexity index is 328. The number of aliphatic hydroxyl groups is 1. The standard InChI is InChI=1S/C12H16BrNO2/c13-11-3-1-10(2-4-11)7-14-5-6-16-12(8-14)9-15/h1-4,12,15H,5-9H2. The molecule has 1 saturated heterocycles. The molecule has 1 unspecified atom stereocenters. The third-order valence-electron chi connectivity index (χ3n) is 2.75. The summed E-state index contributed by atoms with van der Waals surface area (Å²) < 4.78 is 6.52. The lowest BCUT2D eigenvalue weighted by Crippen LogP contribution is -2.43. The molecule has 16 heavy (non-hydrogen) atoms. The maximum atomic E-state index is 9.05. The van der Waals surface area contributed by atoms with Crippen LogP contribution < -0.4 is 0 Å². The summed E-state index contributed by atoms with van der Waals surface area (Å²) in [5, 5.41) is 9.05. The molecule has 0 amide bonds. The molecule has 1 aliphatic heterocycles. The number of halogens is 1. The van der Waals surface area contributed by atoms with E-state index in [4.69, 9.17) is 9.84 Å². The highest BCUT2D eigenvalue weighted by Crippen LogP contribution is 2.14. The second kappa shape index (κ2) is 5.77. The molecule has 0 aliphatic carbocycles. The summed E-state index contributed by atoms with van der Waals surface area (Å²) in [6.07, 6.45) is -0.0239. The molecule has 1 heterocycles. The fourth-order valence-electron chi connectivity index (χ4n) is 1.88. The minimum absolute atomic E-state index is 0.0239. The largest absolute Gasteiger partial charge is 0.394 e. The van der Waals surface area contributed by atoms with Gasteiger partial charge in [0.15, 0.2) is 0 Å². The van der Waals surface area contributed by atoms with Crippen molar-refractivity contribution in [3.8, 4) is 0 Å². The van der Waals surface area contributed by atoms with Crippen LogP contribution in [0.5, 0.6) is 0 Å². The average Bonchev–Trinajstić information content (AvgIpc) is 2.32. The Morgan fingerprint density at radius 2 is 2.12 bits per heavy atom. The normalized spacial score (nSPS) is 22.2. The van der Waals surface area contributed by atoms with Crippen molar-refractivity contribution < 1.29 is 9.84 Å². The maximum absolute atomic E-state index is 9.05. The van der Waals surface area contributed by atoms with Gasteiger partial charge in [-0.25, -0.2) is 0 Å². The lowest BCUT2D eigenvalue weighted by Gasteiger charge is -2.31. The van der Waals surface area contributed by atoms with Crippen molar-refractivity contribution in [1.82, 2.24) is 4.90 Å². The van der Waals surface area contributed by atoms with Gasteiger partial charge >= 0.3 is 0 Å². The summed E-state index contributed by atoms with van der Waals surface area (Å²) in [4.78, 5) is 2.31. The molecule has 0 spiro atoms. The molecular formula is C12H16BrNO2. The first-order chi connectivity index (χ1) is 7.78. The van der Waals surface area contributed by atoms with E-state index in [2.05, 4.69) is 45.1 Å². The molecule has 0 bridgehead atoms. The summed E-state index contributed by atoms with van der Waals surface area (Å²) in [6, 6.07) is 8.35. The van der Waals surface area contributed by atoms with Gasteiger partial charge in [0.25, 0.3) is 0 Å². The molecule has 0 radical (unpaired) electrons. The first-order valence-electron chi connectivity index (χ1n) is 5.47. The Kier molecular flexibility index (Phi) is 4.35. The second-order valence-corrected chi connectivity index (χ2v) is 4.95. The van der Waals surface area contributed by atoms with Crippen LogP contribution in [0.2, 0.25) is 0 Å². The molecule has 1 N–H and O–H groups in total. The number of nitrogens with zero attached hydrogens (tertiary/aromatic N) is 1. The minimum Gasteiger partial charge on any atom is -0.394 e. The van der Waals surface area contributed by atoms with Gasteiger partial charge in [0.2, 0.25) is 0 Å². The van der Waals surface area contributed by atoms with Crippen molar-refractivity contribution >= 4 is 15.9 Å². The summed E-state index contributed by atoms with van der Waals surface area (Å²) >= 11 is 3.42. The molecule has 0 saturated carbocycles. The minimum atomic E-state index is -0.0239. The van der Waals surface area contributed by atoms with E-state index >= 15 is 0 Å². The van der Waals surface area contributed by atoms with Crippen LogP contribution in [0.1, 0.15) is 5.56 Å². The Labute approximate surface area is 104 Å². The smallest absolute Gasteiger partial charge is 0.0933 e.